The van der Waals surface area contributed by atoms with E-state index in [2.05, 4.69) is 5.32 Å². The van der Waals surface area contributed by atoms with Crippen LogP contribution in [0.3, 0.4) is 0 Å². The molecule has 20 heavy (non-hydrogen) atoms. The Balaban J connectivity index is 1.52. The van der Waals surface area contributed by atoms with Crippen LogP contribution in [-0.4, -0.2) is 32.8 Å². The molecule has 2 aliphatic rings. The smallest absolute Gasteiger partial charge is 0.251 e. The first-order chi connectivity index (χ1) is 9.73. The van der Waals surface area contributed by atoms with Crippen LogP contribution >= 0.6 is 0 Å². The van der Waals surface area contributed by atoms with Gasteiger partial charge in [0.15, 0.2) is 0 Å². The molecule has 3 rings (SSSR count). The zero-order valence-electron chi connectivity index (χ0n) is 11.9. The summed E-state index contributed by atoms with van der Waals surface area (Å²) >= 11 is 0. The second-order valence-corrected chi connectivity index (χ2v) is 5.82. The van der Waals surface area contributed by atoms with Crippen LogP contribution in [0.2, 0.25) is 0 Å². The molecule has 0 unspecified atom stereocenters. The topological polar surface area (TPSA) is 47.6 Å². The van der Waals surface area contributed by atoms with Gasteiger partial charge in [-0.1, -0.05) is 6.07 Å². The third-order valence-electron chi connectivity index (χ3n) is 4.69. The van der Waals surface area contributed by atoms with E-state index >= 15 is 0 Å². The van der Waals surface area contributed by atoms with Crippen molar-refractivity contribution >= 4 is 5.91 Å². The molecule has 2 fully saturated rings. The minimum absolute atomic E-state index is 0.0157. The van der Waals surface area contributed by atoms with E-state index in [9.17, 15) is 4.79 Å². The van der Waals surface area contributed by atoms with Crippen molar-refractivity contribution in [3.63, 3.8) is 0 Å². The number of nitrogens with one attached hydrogen (secondary N) is 1. The molecular weight excluding hydrogens is 254 g/mol. The van der Waals surface area contributed by atoms with Crippen LogP contribution in [0, 0.1) is 11.3 Å². The number of benzene rings is 1. The molecule has 1 aliphatic carbocycles. The molecule has 108 valence electrons. The van der Waals surface area contributed by atoms with Crippen LogP contribution in [0.25, 0.3) is 0 Å². The van der Waals surface area contributed by atoms with Gasteiger partial charge in [-0.25, -0.2) is 0 Å². The molecule has 1 N–H and O–H groups in total. The van der Waals surface area contributed by atoms with E-state index in [0.29, 0.717) is 22.6 Å². The van der Waals surface area contributed by atoms with Crippen molar-refractivity contribution in [3.05, 3.63) is 29.8 Å². The van der Waals surface area contributed by atoms with Gasteiger partial charge in [-0.2, -0.15) is 0 Å². The summed E-state index contributed by atoms with van der Waals surface area (Å²) in [5.41, 5.74) is 1.12. The molecular formula is C16H21NO3. The summed E-state index contributed by atoms with van der Waals surface area (Å²) in [6, 6.07) is 7.26. The molecule has 1 aromatic carbocycles. The maximum absolute atomic E-state index is 12.1. The van der Waals surface area contributed by atoms with Gasteiger partial charge in [0.1, 0.15) is 5.75 Å². The van der Waals surface area contributed by atoms with Crippen molar-refractivity contribution in [1.29, 1.82) is 0 Å². The fraction of sp³-hybridized carbons (Fsp3) is 0.562. The normalized spacial score (nSPS) is 23.4. The second-order valence-electron chi connectivity index (χ2n) is 5.82. The molecule has 1 atom stereocenters. The maximum Gasteiger partial charge on any atom is 0.251 e. The minimum Gasteiger partial charge on any atom is -0.497 e. The fourth-order valence-electron chi connectivity index (χ4n) is 3.19. The third kappa shape index (κ3) is 2.66. The molecule has 1 saturated heterocycles. The molecule has 1 aliphatic heterocycles. The van der Waals surface area contributed by atoms with E-state index in [-0.39, 0.29) is 5.91 Å². The number of carbonyl (C=O) groups is 1. The summed E-state index contributed by atoms with van der Waals surface area (Å²) in [5, 5.41) is 3.05. The second kappa shape index (κ2) is 5.44. The summed E-state index contributed by atoms with van der Waals surface area (Å²) in [6.07, 6.45) is 3.52. The first-order valence-corrected chi connectivity index (χ1v) is 7.23. The molecule has 1 aromatic rings. The highest BCUT2D eigenvalue weighted by molar-refractivity contribution is 5.94. The van der Waals surface area contributed by atoms with E-state index in [1.807, 2.05) is 18.2 Å². The Kier molecular flexibility index (Phi) is 3.66. The van der Waals surface area contributed by atoms with Crippen LogP contribution in [0.4, 0.5) is 0 Å². The summed E-state index contributed by atoms with van der Waals surface area (Å²) < 4.78 is 10.6. The Morgan fingerprint density at radius 2 is 2.25 bits per heavy atom. The third-order valence-corrected chi connectivity index (χ3v) is 4.69. The molecule has 1 amide bonds. The predicted molar refractivity (Wildman–Crippen MR) is 75.9 cm³/mol. The van der Waals surface area contributed by atoms with Crippen LogP contribution in [0.5, 0.6) is 5.75 Å². The van der Waals surface area contributed by atoms with Gasteiger partial charge in [-0.3, -0.25) is 4.79 Å². The van der Waals surface area contributed by atoms with Gasteiger partial charge in [0, 0.05) is 25.3 Å². The van der Waals surface area contributed by atoms with Crippen LogP contribution in [0.15, 0.2) is 24.3 Å². The number of ether oxygens (including phenoxy) is 2. The lowest BCUT2D eigenvalue weighted by Crippen LogP contribution is -2.28. The molecule has 1 heterocycles. The Morgan fingerprint density at radius 1 is 1.45 bits per heavy atom. The van der Waals surface area contributed by atoms with E-state index in [1.54, 1.807) is 13.2 Å². The molecule has 0 aromatic heterocycles. The molecule has 1 spiro atoms. The number of amides is 1. The zero-order valence-corrected chi connectivity index (χ0v) is 11.9. The van der Waals surface area contributed by atoms with Gasteiger partial charge in [0.2, 0.25) is 0 Å². The highest BCUT2D eigenvalue weighted by atomic mass is 16.5. The average molecular weight is 275 g/mol. The summed E-state index contributed by atoms with van der Waals surface area (Å²) in [4.78, 5) is 12.1. The first kappa shape index (κ1) is 13.4. The van der Waals surface area contributed by atoms with Crippen molar-refractivity contribution in [2.75, 3.05) is 26.9 Å². The zero-order chi connectivity index (χ0) is 14.0. The number of rotatable bonds is 4. The quantitative estimate of drug-likeness (QED) is 0.916. The number of methoxy groups -OCH3 is 1. The Labute approximate surface area is 119 Å². The monoisotopic (exact) mass is 275 g/mol. The summed E-state index contributed by atoms with van der Waals surface area (Å²) in [6.45, 7) is 2.52. The van der Waals surface area contributed by atoms with Crippen molar-refractivity contribution in [1.82, 2.24) is 5.32 Å². The predicted octanol–water partition coefficient (Wildman–Crippen LogP) is 2.24. The Morgan fingerprint density at radius 3 is 3.00 bits per heavy atom. The van der Waals surface area contributed by atoms with Gasteiger partial charge in [-0.05, 0) is 48.8 Å². The number of hydrogen-bond acceptors (Lipinski definition) is 3. The van der Waals surface area contributed by atoms with Crippen molar-refractivity contribution < 1.29 is 14.3 Å². The Bertz CT molecular complexity index is 494. The molecule has 0 bridgehead atoms. The standard InChI is InChI=1S/C16H21NO3/c1-19-14-4-2-3-12(9-14)15(18)17-11-13-10-16(13)5-7-20-8-6-16/h2-4,9,13H,5-8,10-11H2,1H3,(H,17,18)/t13-/m0/s1. The molecule has 1 saturated carbocycles. The lowest BCUT2D eigenvalue weighted by molar-refractivity contribution is 0.0519. The average Bonchev–Trinajstić information content (AvgIpc) is 3.17. The van der Waals surface area contributed by atoms with E-state index in [1.165, 1.54) is 6.42 Å². The lowest BCUT2D eigenvalue weighted by atomic mass is 9.94. The Hall–Kier alpha value is -1.55. The SMILES string of the molecule is COc1cccc(C(=O)NC[C@@H]2CC23CCOCC3)c1. The van der Waals surface area contributed by atoms with E-state index < -0.39 is 0 Å². The molecule has 4 nitrogen and oxygen atoms in total. The van der Waals surface area contributed by atoms with Crippen LogP contribution < -0.4 is 10.1 Å². The van der Waals surface area contributed by atoms with E-state index in [4.69, 9.17) is 9.47 Å². The summed E-state index contributed by atoms with van der Waals surface area (Å²) in [7, 11) is 1.61. The van der Waals surface area contributed by atoms with Gasteiger partial charge in [-0.15, -0.1) is 0 Å². The summed E-state index contributed by atoms with van der Waals surface area (Å²) in [5.74, 6) is 1.32. The van der Waals surface area contributed by atoms with Gasteiger partial charge < -0.3 is 14.8 Å². The highest BCUT2D eigenvalue weighted by Crippen LogP contribution is 2.58. The van der Waals surface area contributed by atoms with Crippen molar-refractivity contribution in [3.8, 4) is 5.75 Å². The lowest BCUT2D eigenvalue weighted by Gasteiger charge is -2.23. The van der Waals surface area contributed by atoms with Gasteiger partial charge in [0.25, 0.3) is 5.91 Å². The fourth-order valence-corrected chi connectivity index (χ4v) is 3.19. The number of hydrogen-bond donors (Lipinski definition) is 1. The minimum atomic E-state index is -0.0157. The first-order valence-electron chi connectivity index (χ1n) is 7.23. The van der Waals surface area contributed by atoms with E-state index in [0.717, 1.165) is 32.6 Å². The van der Waals surface area contributed by atoms with Crippen molar-refractivity contribution in [2.45, 2.75) is 19.3 Å². The van der Waals surface area contributed by atoms with Crippen molar-refractivity contribution in [2.24, 2.45) is 11.3 Å². The van der Waals surface area contributed by atoms with Gasteiger partial charge in [0.05, 0.1) is 7.11 Å². The molecule has 4 heteroatoms. The van der Waals surface area contributed by atoms with Crippen LogP contribution in [0.1, 0.15) is 29.6 Å². The largest absolute Gasteiger partial charge is 0.497 e. The van der Waals surface area contributed by atoms with Gasteiger partial charge >= 0.3 is 0 Å². The maximum atomic E-state index is 12.1. The van der Waals surface area contributed by atoms with Crippen LogP contribution in [-0.2, 0) is 4.74 Å². The highest BCUT2D eigenvalue weighted by Gasteiger charge is 2.53. The molecule has 0 radical (unpaired) electrons. The number of carbonyl (C=O) groups excluding carboxylic acids is 1.